The predicted octanol–water partition coefficient (Wildman–Crippen LogP) is 4.99. The van der Waals surface area contributed by atoms with Crippen LogP contribution in [0.15, 0.2) is 78.9 Å². The van der Waals surface area contributed by atoms with Gasteiger partial charge in [-0.05, 0) is 49.4 Å². The molecule has 0 aliphatic carbocycles. The SMILES string of the molecule is CCOC(=O)c1cc(-c2cccc(NC(=O)c3ccccc3OC)c2)n(-c2ccccc2OC)n1. The Bertz CT molecular complexity index is 1360. The van der Waals surface area contributed by atoms with Crippen molar-refractivity contribution >= 4 is 17.6 Å². The molecule has 0 aliphatic rings. The van der Waals surface area contributed by atoms with Crippen LogP contribution in [0.4, 0.5) is 5.69 Å². The standard InChI is InChI=1S/C27H25N3O5/c1-4-35-27(32)21-17-23(30(29-21)22-13-6-8-15-25(22)34-3)18-10-9-11-19(16-18)28-26(31)20-12-5-7-14-24(20)33-2/h5-17H,4H2,1-3H3,(H,28,31). The lowest BCUT2D eigenvalue weighted by Gasteiger charge is -2.13. The summed E-state index contributed by atoms with van der Waals surface area (Å²) in [6.45, 7) is 1.98. The van der Waals surface area contributed by atoms with E-state index in [0.29, 0.717) is 34.1 Å². The highest BCUT2D eigenvalue weighted by molar-refractivity contribution is 6.06. The first-order valence-electron chi connectivity index (χ1n) is 11.0. The van der Waals surface area contributed by atoms with Crippen LogP contribution in [-0.2, 0) is 4.74 Å². The summed E-state index contributed by atoms with van der Waals surface area (Å²) in [6, 6.07) is 23.3. The number of aromatic nitrogens is 2. The molecule has 4 rings (SSSR count). The van der Waals surface area contributed by atoms with Crippen molar-refractivity contribution in [1.82, 2.24) is 9.78 Å². The van der Waals surface area contributed by atoms with Crippen LogP contribution in [0.1, 0.15) is 27.8 Å². The summed E-state index contributed by atoms with van der Waals surface area (Å²) < 4.78 is 17.6. The first-order chi connectivity index (χ1) is 17.0. The number of hydrogen-bond acceptors (Lipinski definition) is 6. The van der Waals surface area contributed by atoms with Gasteiger partial charge in [0.1, 0.15) is 17.2 Å². The molecule has 0 spiro atoms. The van der Waals surface area contributed by atoms with Gasteiger partial charge in [-0.15, -0.1) is 0 Å². The molecule has 3 aromatic carbocycles. The maximum absolute atomic E-state index is 12.9. The molecule has 8 heteroatoms. The molecule has 8 nitrogen and oxygen atoms in total. The summed E-state index contributed by atoms with van der Waals surface area (Å²) >= 11 is 0. The zero-order valence-electron chi connectivity index (χ0n) is 19.6. The van der Waals surface area contributed by atoms with E-state index in [2.05, 4.69) is 10.4 Å². The molecule has 0 aliphatic heterocycles. The lowest BCUT2D eigenvalue weighted by molar-refractivity contribution is 0.0518. The molecular weight excluding hydrogens is 446 g/mol. The van der Waals surface area contributed by atoms with E-state index in [-0.39, 0.29) is 18.2 Å². The van der Waals surface area contributed by atoms with E-state index in [0.717, 1.165) is 5.56 Å². The van der Waals surface area contributed by atoms with Crippen molar-refractivity contribution in [2.75, 3.05) is 26.1 Å². The molecule has 1 N–H and O–H groups in total. The number of carbonyl (C=O) groups excluding carboxylic acids is 2. The second-order valence-electron chi connectivity index (χ2n) is 7.45. The smallest absolute Gasteiger partial charge is 0.358 e. The van der Waals surface area contributed by atoms with Gasteiger partial charge in [0.2, 0.25) is 0 Å². The third-order valence-electron chi connectivity index (χ3n) is 5.28. The third-order valence-corrected chi connectivity index (χ3v) is 5.28. The van der Waals surface area contributed by atoms with Gasteiger partial charge in [0.15, 0.2) is 5.69 Å². The van der Waals surface area contributed by atoms with E-state index in [1.165, 1.54) is 7.11 Å². The molecule has 0 saturated carbocycles. The number of amides is 1. The fraction of sp³-hybridized carbons (Fsp3) is 0.148. The molecule has 0 radical (unpaired) electrons. The van der Waals surface area contributed by atoms with Crippen LogP contribution in [0.3, 0.4) is 0 Å². The molecule has 178 valence electrons. The molecule has 0 saturated heterocycles. The van der Waals surface area contributed by atoms with Gasteiger partial charge < -0.3 is 19.5 Å². The predicted molar refractivity (Wildman–Crippen MR) is 132 cm³/mol. The highest BCUT2D eigenvalue weighted by Gasteiger charge is 2.20. The van der Waals surface area contributed by atoms with Crippen LogP contribution in [0.2, 0.25) is 0 Å². The van der Waals surface area contributed by atoms with E-state index >= 15 is 0 Å². The van der Waals surface area contributed by atoms with Gasteiger partial charge in [0, 0.05) is 11.3 Å². The van der Waals surface area contributed by atoms with Gasteiger partial charge in [0.25, 0.3) is 5.91 Å². The van der Waals surface area contributed by atoms with Crippen LogP contribution in [0.5, 0.6) is 11.5 Å². The van der Waals surface area contributed by atoms with Crippen LogP contribution >= 0.6 is 0 Å². The summed E-state index contributed by atoms with van der Waals surface area (Å²) in [5.74, 6) is 0.246. The van der Waals surface area contributed by atoms with Crippen molar-refractivity contribution in [3.63, 3.8) is 0 Å². The van der Waals surface area contributed by atoms with Crippen LogP contribution < -0.4 is 14.8 Å². The zero-order chi connectivity index (χ0) is 24.8. The van der Waals surface area contributed by atoms with E-state index in [4.69, 9.17) is 14.2 Å². The van der Waals surface area contributed by atoms with Gasteiger partial charge >= 0.3 is 5.97 Å². The average molecular weight is 472 g/mol. The Labute approximate surface area is 203 Å². The van der Waals surface area contributed by atoms with E-state index < -0.39 is 5.97 Å². The number of nitrogens with one attached hydrogen (secondary N) is 1. The van der Waals surface area contributed by atoms with Crippen molar-refractivity contribution in [2.24, 2.45) is 0 Å². The molecule has 4 aromatic rings. The topological polar surface area (TPSA) is 91.7 Å². The summed E-state index contributed by atoms with van der Waals surface area (Å²) in [7, 11) is 3.09. The number of ether oxygens (including phenoxy) is 3. The number of methoxy groups -OCH3 is 2. The fourth-order valence-electron chi connectivity index (χ4n) is 3.67. The van der Waals surface area contributed by atoms with Crippen LogP contribution in [0.25, 0.3) is 16.9 Å². The average Bonchev–Trinajstić information content (AvgIpc) is 3.34. The van der Waals surface area contributed by atoms with E-state index in [1.807, 2.05) is 42.5 Å². The molecule has 1 aromatic heterocycles. The van der Waals surface area contributed by atoms with Crippen molar-refractivity contribution < 1.29 is 23.8 Å². The lowest BCUT2D eigenvalue weighted by Crippen LogP contribution is -2.13. The first kappa shape index (κ1) is 23.6. The van der Waals surface area contributed by atoms with Gasteiger partial charge in [-0.25, -0.2) is 9.48 Å². The quantitative estimate of drug-likeness (QED) is 0.364. The van der Waals surface area contributed by atoms with Crippen molar-refractivity contribution in [3.8, 4) is 28.4 Å². The number of rotatable bonds is 8. The van der Waals surface area contributed by atoms with Crippen molar-refractivity contribution in [3.05, 3.63) is 90.1 Å². The second-order valence-corrected chi connectivity index (χ2v) is 7.45. The molecule has 35 heavy (non-hydrogen) atoms. The van der Waals surface area contributed by atoms with E-state index in [1.54, 1.807) is 55.1 Å². The fourth-order valence-corrected chi connectivity index (χ4v) is 3.67. The first-order valence-corrected chi connectivity index (χ1v) is 11.0. The number of nitrogens with zero attached hydrogens (tertiary/aromatic N) is 2. The number of para-hydroxylation sites is 3. The zero-order valence-corrected chi connectivity index (χ0v) is 19.6. The van der Waals surface area contributed by atoms with Crippen LogP contribution in [-0.4, -0.2) is 42.5 Å². The normalized spacial score (nSPS) is 10.5. The number of anilines is 1. The highest BCUT2D eigenvalue weighted by atomic mass is 16.5. The minimum atomic E-state index is -0.525. The Hall–Kier alpha value is -4.59. The van der Waals surface area contributed by atoms with Gasteiger partial charge in [-0.2, -0.15) is 5.10 Å². The maximum atomic E-state index is 12.9. The summed E-state index contributed by atoms with van der Waals surface area (Å²) in [5, 5.41) is 7.41. The van der Waals surface area contributed by atoms with E-state index in [9.17, 15) is 9.59 Å². The largest absolute Gasteiger partial charge is 0.496 e. The maximum Gasteiger partial charge on any atom is 0.358 e. The van der Waals surface area contributed by atoms with Gasteiger partial charge in [0.05, 0.1) is 32.1 Å². The van der Waals surface area contributed by atoms with Gasteiger partial charge in [-0.1, -0.05) is 36.4 Å². The Morgan fingerprint density at radius 1 is 0.886 bits per heavy atom. The lowest BCUT2D eigenvalue weighted by atomic mass is 10.1. The molecule has 1 heterocycles. The molecular formula is C27H25N3O5. The number of benzene rings is 3. The molecule has 0 fully saturated rings. The van der Waals surface area contributed by atoms with Gasteiger partial charge in [-0.3, -0.25) is 4.79 Å². The molecule has 0 atom stereocenters. The third kappa shape index (κ3) is 5.01. The molecule has 1 amide bonds. The Balaban J connectivity index is 1.75. The van der Waals surface area contributed by atoms with Crippen LogP contribution in [0, 0.1) is 0 Å². The van der Waals surface area contributed by atoms with Crippen molar-refractivity contribution in [1.29, 1.82) is 0 Å². The Morgan fingerprint density at radius 3 is 2.34 bits per heavy atom. The summed E-state index contributed by atoms with van der Waals surface area (Å²) in [6.07, 6.45) is 0. The second kappa shape index (κ2) is 10.6. The summed E-state index contributed by atoms with van der Waals surface area (Å²) in [5.41, 5.74) is 3.18. The Kier molecular flexibility index (Phi) is 7.11. The van der Waals surface area contributed by atoms with Crippen molar-refractivity contribution in [2.45, 2.75) is 6.92 Å². The molecule has 0 bridgehead atoms. The highest BCUT2D eigenvalue weighted by Crippen LogP contribution is 2.31. The number of hydrogen-bond donors (Lipinski definition) is 1. The monoisotopic (exact) mass is 471 g/mol. The number of carbonyl (C=O) groups is 2. The number of esters is 1. The molecule has 0 unspecified atom stereocenters. The summed E-state index contributed by atoms with van der Waals surface area (Å²) in [4.78, 5) is 25.4. The minimum absolute atomic E-state index is 0.163. The minimum Gasteiger partial charge on any atom is -0.496 e. The Morgan fingerprint density at radius 2 is 1.60 bits per heavy atom.